The van der Waals surface area contributed by atoms with Gasteiger partial charge in [0.05, 0.1) is 0 Å². The zero-order valence-electron chi connectivity index (χ0n) is 13.7. The summed E-state index contributed by atoms with van der Waals surface area (Å²) in [4.78, 5) is 12.1. The summed E-state index contributed by atoms with van der Waals surface area (Å²) >= 11 is 1.51. The summed E-state index contributed by atoms with van der Waals surface area (Å²) in [6.07, 6.45) is 4.08. The molecule has 1 saturated heterocycles. The number of nitrogens with one attached hydrogen (secondary N) is 2. The van der Waals surface area contributed by atoms with Gasteiger partial charge < -0.3 is 10.6 Å². The maximum atomic E-state index is 12.1. The molecule has 2 aromatic heterocycles. The van der Waals surface area contributed by atoms with E-state index < -0.39 is 0 Å². The zero-order chi connectivity index (χ0) is 16.8. The molecule has 1 aliphatic heterocycles. The summed E-state index contributed by atoms with van der Waals surface area (Å²) in [5.74, 6) is 1.13. The minimum atomic E-state index is -0.0274. The second kappa shape index (κ2) is 8.25. The van der Waals surface area contributed by atoms with E-state index in [1.165, 1.54) is 11.8 Å². The van der Waals surface area contributed by atoms with Gasteiger partial charge in [-0.1, -0.05) is 11.8 Å². The van der Waals surface area contributed by atoms with Gasteiger partial charge in [-0.15, -0.1) is 5.10 Å². The van der Waals surface area contributed by atoms with Crippen LogP contribution in [0.1, 0.15) is 24.5 Å². The van der Waals surface area contributed by atoms with E-state index in [4.69, 9.17) is 0 Å². The fourth-order valence-corrected chi connectivity index (χ4v) is 3.50. The maximum absolute atomic E-state index is 12.1. The van der Waals surface area contributed by atoms with Crippen molar-refractivity contribution in [3.05, 3.63) is 18.0 Å². The Hall–Kier alpha value is -1.94. The van der Waals surface area contributed by atoms with Gasteiger partial charge in [0.25, 0.3) is 0 Å². The van der Waals surface area contributed by atoms with E-state index in [9.17, 15) is 4.79 Å². The van der Waals surface area contributed by atoms with Crippen LogP contribution in [-0.2, 0) is 18.4 Å². The molecule has 2 N–H and O–H groups in total. The Morgan fingerprint density at radius 3 is 3.21 bits per heavy atom. The van der Waals surface area contributed by atoms with Crippen molar-refractivity contribution >= 4 is 17.7 Å². The molecule has 0 aliphatic carbocycles. The number of piperidine rings is 1. The van der Waals surface area contributed by atoms with Crippen LogP contribution in [-0.4, -0.2) is 61.3 Å². The summed E-state index contributed by atoms with van der Waals surface area (Å²) < 4.78 is 3.42. The molecule has 1 atom stereocenters. The van der Waals surface area contributed by atoms with E-state index in [-0.39, 0.29) is 12.5 Å². The van der Waals surface area contributed by atoms with Crippen molar-refractivity contribution in [2.45, 2.75) is 30.5 Å². The fourth-order valence-electron chi connectivity index (χ4n) is 2.79. The fraction of sp³-hybridized carbons (Fsp3) is 0.643. The quantitative estimate of drug-likeness (QED) is 0.526. The van der Waals surface area contributed by atoms with Gasteiger partial charge in [-0.05, 0) is 35.9 Å². The third-order valence-electron chi connectivity index (χ3n) is 3.99. The van der Waals surface area contributed by atoms with Crippen molar-refractivity contribution in [3.8, 4) is 0 Å². The average Bonchev–Trinajstić information content (AvgIpc) is 3.21. The lowest BCUT2D eigenvalue weighted by atomic mass is 9.96. The Morgan fingerprint density at radius 1 is 1.54 bits per heavy atom. The maximum Gasteiger partial charge on any atom is 0.241 e. The molecule has 1 aliphatic rings. The smallest absolute Gasteiger partial charge is 0.241 e. The summed E-state index contributed by atoms with van der Waals surface area (Å²) in [5, 5.41) is 22.6. The summed E-state index contributed by atoms with van der Waals surface area (Å²) in [7, 11) is 1.79. The highest BCUT2D eigenvalue weighted by atomic mass is 32.2. The van der Waals surface area contributed by atoms with Crippen LogP contribution in [0.15, 0.2) is 17.4 Å². The van der Waals surface area contributed by atoms with Gasteiger partial charge in [-0.3, -0.25) is 9.48 Å². The molecule has 3 heterocycles. The molecule has 0 saturated carbocycles. The number of rotatable bonds is 7. The SMILES string of the molecule is Cn1nnnc1SCCNC(=O)Cn1nccc1[C@@H]1CCCNC1. The Morgan fingerprint density at radius 2 is 2.46 bits per heavy atom. The van der Waals surface area contributed by atoms with E-state index in [2.05, 4.69) is 31.3 Å². The topological polar surface area (TPSA) is 103 Å². The highest BCUT2D eigenvalue weighted by molar-refractivity contribution is 7.99. The first kappa shape index (κ1) is 16.9. The molecule has 0 radical (unpaired) electrons. The predicted molar refractivity (Wildman–Crippen MR) is 89.6 cm³/mol. The Kier molecular flexibility index (Phi) is 5.81. The highest BCUT2D eigenvalue weighted by Gasteiger charge is 2.19. The van der Waals surface area contributed by atoms with E-state index in [1.807, 2.05) is 10.7 Å². The van der Waals surface area contributed by atoms with Crippen molar-refractivity contribution in [2.24, 2.45) is 7.05 Å². The van der Waals surface area contributed by atoms with Crippen LogP contribution in [0.3, 0.4) is 0 Å². The van der Waals surface area contributed by atoms with Crippen LogP contribution in [0.5, 0.6) is 0 Å². The van der Waals surface area contributed by atoms with Crippen molar-refractivity contribution in [2.75, 3.05) is 25.4 Å². The number of hydrogen-bond acceptors (Lipinski definition) is 7. The molecule has 1 fully saturated rings. The van der Waals surface area contributed by atoms with Gasteiger partial charge >= 0.3 is 0 Å². The second-order valence-electron chi connectivity index (χ2n) is 5.74. The molecule has 0 spiro atoms. The van der Waals surface area contributed by atoms with E-state index in [0.29, 0.717) is 12.5 Å². The number of amides is 1. The molecule has 24 heavy (non-hydrogen) atoms. The number of tetrazole rings is 1. The number of thioether (sulfide) groups is 1. The summed E-state index contributed by atoms with van der Waals surface area (Å²) in [5.41, 5.74) is 1.14. The number of carbonyl (C=O) groups excluding carboxylic acids is 1. The average molecular weight is 350 g/mol. The van der Waals surface area contributed by atoms with Gasteiger partial charge in [0, 0.05) is 43.7 Å². The first-order chi connectivity index (χ1) is 11.7. The lowest BCUT2D eigenvalue weighted by molar-refractivity contribution is -0.121. The molecule has 9 nitrogen and oxygen atoms in total. The van der Waals surface area contributed by atoms with E-state index >= 15 is 0 Å². The molecule has 3 rings (SSSR count). The monoisotopic (exact) mass is 350 g/mol. The van der Waals surface area contributed by atoms with Crippen molar-refractivity contribution in [1.82, 2.24) is 40.6 Å². The number of aryl methyl sites for hydroxylation is 1. The second-order valence-corrected chi connectivity index (χ2v) is 6.80. The summed E-state index contributed by atoms with van der Waals surface area (Å²) in [6.45, 7) is 2.85. The van der Waals surface area contributed by atoms with E-state index in [1.54, 1.807) is 17.9 Å². The first-order valence-electron chi connectivity index (χ1n) is 8.08. The highest BCUT2D eigenvalue weighted by Crippen LogP contribution is 2.22. The molecule has 1 amide bonds. The van der Waals surface area contributed by atoms with Crippen molar-refractivity contribution < 1.29 is 4.79 Å². The van der Waals surface area contributed by atoms with Gasteiger partial charge in [-0.25, -0.2) is 4.68 Å². The summed E-state index contributed by atoms with van der Waals surface area (Å²) in [6, 6.07) is 2.02. The molecule has 0 bridgehead atoms. The number of hydrogen-bond donors (Lipinski definition) is 2. The van der Waals surface area contributed by atoms with Gasteiger partial charge in [0.1, 0.15) is 6.54 Å². The molecule has 0 aromatic carbocycles. The Bertz CT molecular complexity index is 663. The minimum absolute atomic E-state index is 0.0274. The molecule has 2 aromatic rings. The molecule has 130 valence electrons. The van der Waals surface area contributed by atoms with Gasteiger partial charge in [-0.2, -0.15) is 5.10 Å². The van der Waals surface area contributed by atoms with Crippen LogP contribution < -0.4 is 10.6 Å². The minimum Gasteiger partial charge on any atom is -0.354 e. The van der Waals surface area contributed by atoms with Gasteiger partial charge in [0.2, 0.25) is 11.1 Å². The molecular formula is C14H22N8OS. The lowest BCUT2D eigenvalue weighted by Gasteiger charge is -2.23. The van der Waals surface area contributed by atoms with Gasteiger partial charge in [0.15, 0.2) is 0 Å². The first-order valence-corrected chi connectivity index (χ1v) is 9.07. The predicted octanol–water partition coefficient (Wildman–Crippen LogP) is -0.218. The van der Waals surface area contributed by atoms with Crippen LogP contribution in [0.25, 0.3) is 0 Å². The van der Waals surface area contributed by atoms with Crippen LogP contribution in [0.4, 0.5) is 0 Å². The normalized spacial score (nSPS) is 17.8. The van der Waals surface area contributed by atoms with Crippen LogP contribution in [0.2, 0.25) is 0 Å². The lowest BCUT2D eigenvalue weighted by Crippen LogP contribution is -2.33. The molecule has 10 heteroatoms. The third-order valence-corrected chi connectivity index (χ3v) is 5.01. The van der Waals surface area contributed by atoms with Crippen LogP contribution >= 0.6 is 11.8 Å². The third kappa shape index (κ3) is 4.32. The van der Waals surface area contributed by atoms with Crippen LogP contribution in [0, 0.1) is 0 Å². The number of nitrogens with zero attached hydrogens (tertiary/aromatic N) is 6. The molecule has 0 unspecified atom stereocenters. The zero-order valence-corrected chi connectivity index (χ0v) is 14.5. The standard InChI is InChI=1S/C14H22N8OS/c1-21-14(18-19-20-21)24-8-7-16-13(23)10-22-12(4-6-17-22)11-3-2-5-15-9-11/h4,6,11,15H,2-3,5,7-10H2,1H3,(H,16,23)/t11-/m1/s1. The number of aromatic nitrogens is 6. The Labute approximate surface area is 144 Å². The largest absolute Gasteiger partial charge is 0.354 e. The van der Waals surface area contributed by atoms with Crippen molar-refractivity contribution in [3.63, 3.8) is 0 Å². The van der Waals surface area contributed by atoms with Crippen molar-refractivity contribution in [1.29, 1.82) is 0 Å². The number of carbonyl (C=O) groups is 1. The molecular weight excluding hydrogens is 328 g/mol. The van der Waals surface area contributed by atoms with E-state index in [0.717, 1.165) is 42.5 Å². The Balaban J connectivity index is 1.43.